The molecule has 2 rings (SSSR count). The molecule has 0 atom stereocenters. The third-order valence-corrected chi connectivity index (χ3v) is 1.41. The lowest BCUT2D eigenvalue weighted by atomic mass is 10.2. The molecule has 2 aromatic rings. The Morgan fingerprint density at radius 1 is 1.20 bits per heavy atom. The SMILES string of the molecule is [2H]c1cc2ccccc2nc1[2H]. The molecule has 0 N–H and O–H groups in total. The lowest BCUT2D eigenvalue weighted by Gasteiger charge is -1.91. The molecule has 48 valence electrons. The van der Waals surface area contributed by atoms with E-state index in [0.717, 1.165) is 10.9 Å². The molecule has 0 fully saturated rings. The van der Waals surface area contributed by atoms with E-state index >= 15 is 0 Å². The van der Waals surface area contributed by atoms with Gasteiger partial charge in [0, 0.05) is 11.6 Å². The highest BCUT2D eigenvalue weighted by Crippen LogP contribution is 2.07. The fourth-order valence-electron chi connectivity index (χ4n) is 0.914. The molecule has 0 radical (unpaired) electrons. The average molecular weight is 131 g/mol. The van der Waals surface area contributed by atoms with Crippen LogP contribution in [-0.2, 0) is 0 Å². The highest BCUT2D eigenvalue weighted by molar-refractivity contribution is 5.77. The summed E-state index contributed by atoms with van der Waals surface area (Å²) in [5.41, 5.74) is 0.776. The number of fused-ring (bicyclic) bond motifs is 1. The van der Waals surface area contributed by atoms with Gasteiger partial charge in [-0.15, -0.1) is 0 Å². The van der Waals surface area contributed by atoms with E-state index in [1.165, 1.54) is 0 Å². The molecule has 0 unspecified atom stereocenters. The van der Waals surface area contributed by atoms with E-state index < -0.39 is 0 Å². The van der Waals surface area contributed by atoms with Crippen LogP contribution in [0.4, 0.5) is 0 Å². The van der Waals surface area contributed by atoms with Gasteiger partial charge in [-0.3, -0.25) is 4.98 Å². The predicted molar refractivity (Wildman–Crippen MR) is 41.7 cm³/mol. The van der Waals surface area contributed by atoms with Crippen molar-refractivity contribution >= 4 is 10.9 Å². The van der Waals surface area contributed by atoms with Crippen molar-refractivity contribution in [1.82, 2.24) is 4.98 Å². The van der Waals surface area contributed by atoms with Crippen molar-refractivity contribution in [3.8, 4) is 0 Å². The van der Waals surface area contributed by atoms with Crippen LogP contribution in [-0.4, -0.2) is 4.98 Å². The van der Waals surface area contributed by atoms with Gasteiger partial charge < -0.3 is 0 Å². The summed E-state index contributed by atoms with van der Waals surface area (Å²) in [5.74, 6) is 0. The zero-order valence-electron chi connectivity index (χ0n) is 7.33. The summed E-state index contributed by atoms with van der Waals surface area (Å²) in [4.78, 5) is 3.95. The zero-order valence-corrected chi connectivity index (χ0v) is 5.33. The van der Waals surface area contributed by atoms with Gasteiger partial charge in [0.05, 0.1) is 8.26 Å². The number of hydrogen-bond donors (Lipinski definition) is 0. The molecule has 10 heavy (non-hydrogen) atoms. The molecule has 0 amide bonds. The van der Waals surface area contributed by atoms with Crippen molar-refractivity contribution in [2.75, 3.05) is 0 Å². The average Bonchev–Trinajstić information content (AvgIpc) is 2.07. The molecular weight excluding hydrogens is 122 g/mol. The minimum atomic E-state index is 0.0358. The Morgan fingerprint density at radius 3 is 3.10 bits per heavy atom. The van der Waals surface area contributed by atoms with Gasteiger partial charge in [-0.25, -0.2) is 0 Å². The largest absolute Gasteiger partial charge is 0.256 e. The quantitative estimate of drug-likeness (QED) is 0.534. The fourth-order valence-corrected chi connectivity index (χ4v) is 0.914. The Hall–Kier alpha value is -1.37. The monoisotopic (exact) mass is 131 g/mol. The maximum Gasteiger partial charge on any atom is 0.0840 e. The molecule has 1 aromatic heterocycles. The van der Waals surface area contributed by atoms with E-state index in [4.69, 9.17) is 2.74 Å². The summed E-state index contributed by atoms with van der Waals surface area (Å²) >= 11 is 0. The number of hydrogen-bond acceptors (Lipinski definition) is 1. The van der Waals surface area contributed by atoms with E-state index in [1.54, 1.807) is 6.07 Å². The van der Waals surface area contributed by atoms with Crippen LogP contribution in [0, 0.1) is 0 Å². The fraction of sp³-hybridized carbons (Fsp3) is 0. The maximum absolute atomic E-state index is 7.35. The van der Waals surface area contributed by atoms with Crippen molar-refractivity contribution in [2.45, 2.75) is 0 Å². The predicted octanol–water partition coefficient (Wildman–Crippen LogP) is 2.23. The number of rotatable bonds is 0. The van der Waals surface area contributed by atoms with E-state index in [2.05, 4.69) is 4.98 Å². The summed E-state index contributed by atoms with van der Waals surface area (Å²) in [6.45, 7) is 0. The first-order valence-electron chi connectivity index (χ1n) is 4.10. The van der Waals surface area contributed by atoms with Crippen LogP contribution < -0.4 is 0 Å². The second-order valence-corrected chi connectivity index (χ2v) is 2.07. The van der Waals surface area contributed by atoms with Crippen LogP contribution in [0.1, 0.15) is 2.74 Å². The second-order valence-electron chi connectivity index (χ2n) is 2.07. The minimum Gasteiger partial charge on any atom is -0.256 e. The zero-order chi connectivity index (χ0) is 8.55. The highest BCUT2D eigenvalue weighted by atomic mass is 14.6. The molecular formula is C9H7N. The lowest BCUT2D eigenvalue weighted by molar-refractivity contribution is 1.41. The van der Waals surface area contributed by atoms with Crippen molar-refractivity contribution < 1.29 is 2.74 Å². The first-order chi connectivity index (χ1) is 5.77. The van der Waals surface area contributed by atoms with Crippen LogP contribution in [0.2, 0.25) is 0 Å². The Kier molecular flexibility index (Phi) is 0.781. The van der Waals surface area contributed by atoms with Gasteiger partial charge in [-0.05, 0) is 12.1 Å². The number of aromatic nitrogens is 1. The van der Waals surface area contributed by atoms with Gasteiger partial charge in [-0.2, -0.15) is 0 Å². The number of benzene rings is 1. The van der Waals surface area contributed by atoms with Gasteiger partial charge in [0.2, 0.25) is 0 Å². The number of nitrogens with zero attached hydrogens (tertiary/aromatic N) is 1. The molecule has 0 aliphatic carbocycles. The van der Waals surface area contributed by atoms with Gasteiger partial charge in [0.1, 0.15) is 0 Å². The third-order valence-electron chi connectivity index (χ3n) is 1.41. The van der Waals surface area contributed by atoms with Crippen molar-refractivity contribution in [3.05, 3.63) is 42.5 Å². The van der Waals surface area contributed by atoms with Gasteiger partial charge in [0.25, 0.3) is 0 Å². The van der Waals surface area contributed by atoms with E-state index in [1.807, 2.05) is 24.3 Å². The molecule has 0 aliphatic rings. The highest BCUT2D eigenvalue weighted by Gasteiger charge is 1.86. The topological polar surface area (TPSA) is 12.9 Å². The summed E-state index contributed by atoms with van der Waals surface area (Å²) in [6.07, 6.45) is 0.0358. The maximum atomic E-state index is 7.35. The van der Waals surface area contributed by atoms with Crippen molar-refractivity contribution in [2.24, 2.45) is 0 Å². The molecule has 0 aliphatic heterocycles. The number of pyridine rings is 1. The van der Waals surface area contributed by atoms with E-state index in [-0.39, 0.29) is 12.2 Å². The van der Waals surface area contributed by atoms with Gasteiger partial charge >= 0.3 is 0 Å². The molecule has 1 nitrogen and oxygen atoms in total. The summed E-state index contributed by atoms with van der Waals surface area (Å²) in [7, 11) is 0. The molecule has 1 heterocycles. The third kappa shape index (κ3) is 0.760. The minimum absolute atomic E-state index is 0.0358. The van der Waals surface area contributed by atoms with Crippen LogP contribution in [0.3, 0.4) is 0 Å². The first-order valence-corrected chi connectivity index (χ1v) is 3.10. The molecule has 0 saturated carbocycles. The Labute approximate surface area is 62.1 Å². The normalized spacial score (nSPS) is 12.8. The van der Waals surface area contributed by atoms with Crippen LogP contribution in [0.15, 0.2) is 42.5 Å². The Morgan fingerprint density at radius 2 is 2.10 bits per heavy atom. The van der Waals surface area contributed by atoms with Crippen LogP contribution in [0.5, 0.6) is 0 Å². The van der Waals surface area contributed by atoms with Crippen LogP contribution >= 0.6 is 0 Å². The molecule has 0 bridgehead atoms. The molecule has 1 heteroatoms. The lowest BCUT2D eigenvalue weighted by Crippen LogP contribution is -1.73. The van der Waals surface area contributed by atoms with E-state index in [9.17, 15) is 0 Å². The van der Waals surface area contributed by atoms with Crippen molar-refractivity contribution in [3.63, 3.8) is 0 Å². The molecule has 0 spiro atoms. The van der Waals surface area contributed by atoms with Crippen LogP contribution in [0.25, 0.3) is 10.9 Å². The standard InChI is InChI=1S/C9H7N/c1-2-6-9-8(4-1)5-3-7-10-9/h1-7H/i3D,7D. The van der Waals surface area contributed by atoms with Gasteiger partial charge in [-0.1, -0.05) is 24.3 Å². The van der Waals surface area contributed by atoms with Crippen molar-refractivity contribution in [1.29, 1.82) is 0 Å². The van der Waals surface area contributed by atoms with Gasteiger partial charge in [0.15, 0.2) is 0 Å². The second kappa shape index (κ2) is 2.10. The number of para-hydroxylation sites is 1. The Bertz CT molecular complexity index is 385. The first kappa shape index (κ1) is 3.71. The molecule has 0 saturated heterocycles. The smallest absolute Gasteiger partial charge is 0.0840 e. The van der Waals surface area contributed by atoms with E-state index in [0.29, 0.717) is 0 Å². The Balaban J connectivity index is 2.84. The summed E-state index contributed by atoms with van der Waals surface area (Å²) < 4.78 is 14.7. The summed E-state index contributed by atoms with van der Waals surface area (Å²) in [6, 6.07) is 9.33. The molecule has 1 aromatic carbocycles. The summed E-state index contributed by atoms with van der Waals surface area (Å²) in [5, 5.41) is 0.915.